The lowest BCUT2D eigenvalue weighted by molar-refractivity contribution is -0.119. The Bertz CT molecular complexity index is 673. The first-order valence-electron chi connectivity index (χ1n) is 7.80. The normalized spacial score (nSPS) is 17.8. The summed E-state index contributed by atoms with van der Waals surface area (Å²) in [7, 11) is -3.52. The molecule has 24 heavy (non-hydrogen) atoms. The minimum Gasteiger partial charge on any atom is -0.317 e. The number of hydrogen-bond donors (Lipinski definition) is 3. The molecule has 1 aliphatic rings. The molecule has 7 nitrogen and oxygen atoms in total. The molecule has 0 aliphatic carbocycles. The number of nitrogens with one attached hydrogen (secondary N) is 3. The number of carbonyl (C=O) groups is 1. The van der Waals surface area contributed by atoms with Crippen molar-refractivity contribution in [2.75, 3.05) is 24.7 Å². The lowest BCUT2D eigenvalue weighted by Crippen LogP contribution is -2.55. The Balaban J connectivity index is 0.00000288. The molecule has 138 valence electrons. The Labute approximate surface area is 149 Å². The SMILES string of the molecule is CC(C)(C)Cc1cc(NC(=O)C2(S(C)(=O)=O)CCNCC2)n[nH]1.Cl. The fourth-order valence-electron chi connectivity index (χ4n) is 2.91. The first-order chi connectivity index (χ1) is 10.5. The number of halogens is 1. The summed E-state index contributed by atoms with van der Waals surface area (Å²) in [6, 6.07) is 1.76. The Hall–Kier alpha value is -1.12. The maximum atomic E-state index is 12.7. The Morgan fingerprint density at radius 1 is 1.33 bits per heavy atom. The standard InChI is InChI=1S/C15H26N4O3S.ClH/c1-14(2,3)10-11-9-12(19-18-11)17-13(20)15(23(4,21)22)5-7-16-8-6-15;/h9,16H,5-8,10H2,1-4H3,(H2,17,18,19,20);1H. The monoisotopic (exact) mass is 378 g/mol. The Morgan fingerprint density at radius 2 is 1.92 bits per heavy atom. The van der Waals surface area contributed by atoms with Gasteiger partial charge in [-0.05, 0) is 37.8 Å². The highest BCUT2D eigenvalue weighted by molar-refractivity contribution is 7.92. The predicted molar refractivity (Wildman–Crippen MR) is 97.3 cm³/mol. The van der Waals surface area contributed by atoms with Gasteiger partial charge in [0.05, 0.1) is 0 Å². The van der Waals surface area contributed by atoms with Crippen LogP contribution in [0.2, 0.25) is 0 Å². The molecule has 0 atom stereocenters. The van der Waals surface area contributed by atoms with Crippen molar-refractivity contribution < 1.29 is 13.2 Å². The van der Waals surface area contributed by atoms with Crippen LogP contribution in [-0.2, 0) is 21.1 Å². The third-order valence-electron chi connectivity index (χ3n) is 4.13. The maximum Gasteiger partial charge on any atom is 0.247 e. The molecule has 1 aromatic heterocycles. The summed E-state index contributed by atoms with van der Waals surface area (Å²) < 4.78 is 23.1. The predicted octanol–water partition coefficient (Wildman–Crippen LogP) is 1.53. The van der Waals surface area contributed by atoms with Crippen LogP contribution in [-0.4, -0.2) is 48.6 Å². The molecule has 2 heterocycles. The molecular weight excluding hydrogens is 352 g/mol. The summed E-state index contributed by atoms with van der Waals surface area (Å²) in [6.45, 7) is 7.35. The van der Waals surface area contributed by atoms with Gasteiger partial charge in [-0.1, -0.05) is 20.8 Å². The minimum absolute atomic E-state index is 0. The van der Waals surface area contributed by atoms with E-state index in [1.807, 2.05) is 0 Å². The summed E-state index contributed by atoms with van der Waals surface area (Å²) in [5.41, 5.74) is 1.00. The smallest absolute Gasteiger partial charge is 0.247 e. The van der Waals surface area contributed by atoms with E-state index in [2.05, 4.69) is 41.6 Å². The quantitative estimate of drug-likeness (QED) is 0.737. The summed E-state index contributed by atoms with van der Waals surface area (Å²) in [4.78, 5) is 12.7. The van der Waals surface area contributed by atoms with Crippen molar-refractivity contribution in [2.24, 2.45) is 5.41 Å². The number of aromatic amines is 1. The number of hydrogen-bond acceptors (Lipinski definition) is 5. The highest BCUT2D eigenvalue weighted by atomic mass is 35.5. The Kier molecular flexibility index (Phi) is 6.46. The van der Waals surface area contributed by atoms with Crippen LogP contribution in [0.5, 0.6) is 0 Å². The van der Waals surface area contributed by atoms with Gasteiger partial charge in [-0.15, -0.1) is 12.4 Å². The molecule has 9 heteroatoms. The molecule has 1 amide bonds. The average molecular weight is 379 g/mol. The number of rotatable bonds is 4. The summed E-state index contributed by atoms with van der Waals surface area (Å²) >= 11 is 0. The van der Waals surface area contributed by atoms with Crippen LogP contribution in [0.25, 0.3) is 0 Å². The third-order valence-corrected chi connectivity index (χ3v) is 6.14. The van der Waals surface area contributed by atoms with Crippen LogP contribution in [0.3, 0.4) is 0 Å². The molecule has 0 spiro atoms. The molecule has 2 rings (SSSR count). The van der Waals surface area contributed by atoms with Gasteiger partial charge in [0.1, 0.15) is 0 Å². The molecule has 1 fully saturated rings. The molecule has 0 saturated carbocycles. The maximum absolute atomic E-state index is 12.7. The van der Waals surface area contributed by atoms with Crippen LogP contribution < -0.4 is 10.6 Å². The first-order valence-corrected chi connectivity index (χ1v) is 9.69. The van der Waals surface area contributed by atoms with E-state index < -0.39 is 20.5 Å². The van der Waals surface area contributed by atoms with Gasteiger partial charge in [0.2, 0.25) is 5.91 Å². The number of nitrogens with zero attached hydrogens (tertiary/aromatic N) is 1. The highest BCUT2D eigenvalue weighted by Crippen LogP contribution is 2.29. The topological polar surface area (TPSA) is 104 Å². The zero-order chi connectivity index (χ0) is 17.3. The van der Waals surface area contributed by atoms with Gasteiger partial charge in [0.25, 0.3) is 0 Å². The molecule has 1 aromatic rings. The number of anilines is 1. The summed E-state index contributed by atoms with van der Waals surface area (Å²) in [5, 5.41) is 12.7. The van der Waals surface area contributed by atoms with Crippen LogP contribution >= 0.6 is 12.4 Å². The van der Waals surface area contributed by atoms with E-state index in [4.69, 9.17) is 0 Å². The van der Waals surface area contributed by atoms with Gasteiger partial charge in [-0.2, -0.15) is 5.10 Å². The van der Waals surface area contributed by atoms with Crippen molar-refractivity contribution in [3.63, 3.8) is 0 Å². The van der Waals surface area contributed by atoms with Crippen LogP contribution in [0, 0.1) is 5.41 Å². The molecule has 0 radical (unpaired) electrons. The lowest BCUT2D eigenvalue weighted by Gasteiger charge is -2.34. The van der Waals surface area contributed by atoms with Crippen molar-refractivity contribution >= 4 is 34.0 Å². The Morgan fingerprint density at radius 3 is 2.42 bits per heavy atom. The fraction of sp³-hybridized carbons (Fsp3) is 0.733. The van der Waals surface area contributed by atoms with Crippen LogP contribution in [0.1, 0.15) is 39.3 Å². The van der Waals surface area contributed by atoms with E-state index in [1.54, 1.807) is 6.07 Å². The van der Waals surface area contributed by atoms with E-state index in [0.29, 0.717) is 18.9 Å². The molecule has 0 aromatic carbocycles. The zero-order valence-electron chi connectivity index (χ0n) is 14.6. The number of piperidine rings is 1. The molecule has 0 unspecified atom stereocenters. The highest BCUT2D eigenvalue weighted by Gasteiger charge is 2.48. The van der Waals surface area contributed by atoms with Gasteiger partial charge in [0, 0.05) is 18.0 Å². The van der Waals surface area contributed by atoms with Gasteiger partial charge in [-0.3, -0.25) is 9.89 Å². The fourth-order valence-corrected chi connectivity index (χ4v) is 4.25. The van der Waals surface area contributed by atoms with Gasteiger partial charge < -0.3 is 10.6 Å². The number of carbonyl (C=O) groups excluding carboxylic acids is 1. The number of aromatic nitrogens is 2. The summed E-state index contributed by atoms with van der Waals surface area (Å²) in [5.74, 6) is -0.119. The van der Waals surface area contributed by atoms with Crippen molar-refractivity contribution in [3.05, 3.63) is 11.8 Å². The van der Waals surface area contributed by atoms with Crippen molar-refractivity contribution in [2.45, 2.75) is 44.8 Å². The van der Waals surface area contributed by atoms with Crippen LogP contribution in [0.4, 0.5) is 5.82 Å². The molecule has 3 N–H and O–H groups in total. The van der Waals surface area contributed by atoms with Gasteiger partial charge in [0.15, 0.2) is 20.4 Å². The van der Waals surface area contributed by atoms with Gasteiger partial charge >= 0.3 is 0 Å². The van der Waals surface area contributed by atoms with E-state index in [9.17, 15) is 13.2 Å². The summed E-state index contributed by atoms with van der Waals surface area (Å²) in [6.07, 6.45) is 2.47. The zero-order valence-corrected chi connectivity index (χ0v) is 16.2. The van der Waals surface area contributed by atoms with Crippen molar-refractivity contribution in [1.82, 2.24) is 15.5 Å². The van der Waals surface area contributed by atoms with Gasteiger partial charge in [-0.25, -0.2) is 8.42 Å². The van der Waals surface area contributed by atoms with Crippen molar-refractivity contribution in [3.8, 4) is 0 Å². The van der Waals surface area contributed by atoms with E-state index >= 15 is 0 Å². The third kappa shape index (κ3) is 4.70. The second-order valence-electron chi connectivity index (χ2n) is 7.49. The molecule has 0 bridgehead atoms. The second kappa shape index (κ2) is 7.41. The minimum atomic E-state index is -3.52. The number of amides is 1. The second-order valence-corrected chi connectivity index (χ2v) is 9.81. The van der Waals surface area contributed by atoms with E-state index in [0.717, 1.165) is 18.4 Å². The number of sulfone groups is 1. The van der Waals surface area contributed by atoms with E-state index in [1.165, 1.54) is 0 Å². The average Bonchev–Trinajstić information content (AvgIpc) is 2.83. The molecule has 1 saturated heterocycles. The first kappa shape index (κ1) is 20.9. The lowest BCUT2D eigenvalue weighted by atomic mass is 9.91. The molecule has 1 aliphatic heterocycles. The van der Waals surface area contributed by atoms with E-state index in [-0.39, 0.29) is 30.7 Å². The van der Waals surface area contributed by atoms with Crippen LogP contribution in [0.15, 0.2) is 6.07 Å². The van der Waals surface area contributed by atoms with Crippen molar-refractivity contribution in [1.29, 1.82) is 0 Å². The largest absolute Gasteiger partial charge is 0.317 e. The molecular formula is C15H27ClN4O3S. The number of H-pyrrole nitrogens is 1.